The molecule has 0 aliphatic rings. The number of amides is 2. The van der Waals surface area contributed by atoms with Crippen LogP contribution in [0.4, 0.5) is 11.4 Å². The van der Waals surface area contributed by atoms with Gasteiger partial charge >= 0.3 is 0 Å². The fraction of sp³-hybridized carbons (Fsp3) is 0. The Balaban J connectivity index is 1.04. The first-order chi connectivity index (χ1) is 18.6. The lowest BCUT2D eigenvalue weighted by molar-refractivity contribution is -0.114. The van der Waals surface area contributed by atoms with Crippen LogP contribution in [0.25, 0.3) is 41.6 Å². The van der Waals surface area contributed by atoms with Crippen molar-refractivity contribution in [3.8, 4) is 21.1 Å². The minimum absolute atomic E-state index is 0.390. The SMILES string of the molecule is O=C(/C=C/C(=O)Nc1ccc(-c2nc3ccccc3s2)cc1)Nc1ccc(-c2nc3ccccc3s2)cc1. The first kappa shape index (κ1) is 23.7. The van der Waals surface area contributed by atoms with E-state index in [1.165, 1.54) is 12.2 Å². The van der Waals surface area contributed by atoms with Gasteiger partial charge in [-0.05, 0) is 72.8 Å². The molecular weight excluding hydrogens is 512 g/mol. The quantitative estimate of drug-likeness (QED) is 0.219. The molecule has 0 aliphatic carbocycles. The number of carbonyl (C=O) groups excluding carboxylic acids is 2. The molecule has 0 saturated heterocycles. The molecule has 0 bridgehead atoms. The summed E-state index contributed by atoms with van der Waals surface area (Å²) in [5.41, 5.74) is 5.17. The van der Waals surface area contributed by atoms with E-state index in [0.717, 1.165) is 41.6 Å². The number of thiazole rings is 2. The van der Waals surface area contributed by atoms with Crippen LogP contribution in [-0.2, 0) is 9.59 Å². The number of carbonyl (C=O) groups is 2. The average molecular weight is 533 g/mol. The molecule has 0 spiro atoms. The minimum atomic E-state index is -0.390. The van der Waals surface area contributed by atoms with E-state index in [9.17, 15) is 9.59 Å². The third-order valence-electron chi connectivity index (χ3n) is 5.77. The van der Waals surface area contributed by atoms with E-state index in [2.05, 4.69) is 20.6 Å². The Kier molecular flexibility index (Phi) is 6.47. The normalized spacial score (nSPS) is 11.3. The lowest BCUT2D eigenvalue weighted by atomic mass is 10.2. The molecule has 4 aromatic carbocycles. The maximum atomic E-state index is 12.3. The first-order valence-electron chi connectivity index (χ1n) is 11.8. The van der Waals surface area contributed by atoms with Gasteiger partial charge in [0.15, 0.2) is 0 Å². The standard InChI is InChI=1S/C30H20N4O2S2/c35-27(31-21-13-9-19(10-14-21)29-33-23-5-1-3-7-25(23)37-29)17-18-28(36)32-22-15-11-20(12-16-22)30-34-24-6-2-4-8-26(24)38-30/h1-18H,(H,31,35)(H,32,36)/b18-17+. The number of benzene rings is 4. The molecule has 0 atom stereocenters. The van der Waals surface area contributed by atoms with Crippen molar-refractivity contribution in [1.29, 1.82) is 0 Å². The summed E-state index contributed by atoms with van der Waals surface area (Å²) in [7, 11) is 0. The summed E-state index contributed by atoms with van der Waals surface area (Å²) in [5, 5.41) is 7.40. The summed E-state index contributed by atoms with van der Waals surface area (Å²) in [6, 6.07) is 31.0. The van der Waals surface area contributed by atoms with Crippen LogP contribution < -0.4 is 10.6 Å². The van der Waals surface area contributed by atoms with Gasteiger partial charge in [0, 0.05) is 34.7 Å². The highest BCUT2D eigenvalue weighted by atomic mass is 32.1. The third-order valence-corrected chi connectivity index (χ3v) is 7.94. The highest BCUT2D eigenvalue weighted by Crippen LogP contribution is 2.31. The van der Waals surface area contributed by atoms with Crippen molar-refractivity contribution in [2.24, 2.45) is 0 Å². The van der Waals surface area contributed by atoms with Gasteiger partial charge in [0.25, 0.3) is 0 Å². The van der Waals surface area contributed by atoms with Gasteiger partial charge in [-0.25, -0.2) is 9.97 Å². The van der Waals surface area contributed by atoms with Crippen molar-refractivity contribution in [2.45, 2.75) is 0 Å². The maximum Gasteiger partial charge on any atom is 0.248 e. The fourth-order valence-corrected chi connectivity index (χ4v) is 5.85. The Labute approximate surface area is 226 Å². The summed E-state index contributed by atoms with van der Waals surface area (Å²) in [6.45, 7) is 0. The average Bonchev–Trinajstić information content (AvgIpc) is 3.57. The Morgan fingerprint density at radius 1 is 0.553 bits per heavy atom. The van der Waals surface area contributed by atoms with Crippen LogP contribution in [-0.4, -0.2) is 21.8 Å². The molecule has 2 heterocycles. The second kappa shape index (κ2) is 10.4. The first-order valence-corrected chi connectivity index (χ1v) is 13.5. The molecule has 184 valence electrons. The number of nitrogens with one attached hydrogen (secondary N) is 2. The Morgan fingerprint density at radius 2 is 0.947 bits per heavy atom. The molecule has 6 nitrogen and oxygen atoms in total. The zero-order valence-corrected chi connectivity index (χ0v) is 21.6. The van der Waals surface area contributed by atoms with E-state index in [0.29, 0.717) is 11.4 Å². The number of para-hydroxylation sites is 2. The molecule has 0 unspecified atom stereocenters. The van der Waals surface area contributed by atoms with Crippen molar-refractivity contribution in [3.05, 3.63) is 109 Å². The highest BCUT2D eigenvalue weighted by Gasteiger charge is 2.08. The molecule has 0 saturated carbocycles. The topological polar surface area (TPSA) is 84.0 Å². The molecule has 2 aromatic heterocycles. The van der Waals surface area contributed by atoms with E-state index >= 15 is 0 Å². The van der Waals surface area contributed by atoms with Gasteiger partial charge in [0.1, 0.15) is 10.0 Å². The van der Waals surface area contributed by atoms with E-state index in [4.69, 9.17) is 0 Å². The van der Waals surface area contributed by atoms with Gasteiger partial charge < -0.3 is 10.6 Å². The molecule has 38 heavy (non-hydrogen) atoms. The van der Waals surface area contributed by atoms with Crippen LogP contribution >= 0.6 is 22.7 Å². The van der Waals surface area contributed by atoms with E-state index < -0.39 is 0 Å². The molecular formula is C30H20N4O2S2. The highest BCUT2D eigenvalue weighted by molar-refractivity contribution is 7.22. The van der Waals surface area contributed by atoms with Crippen molar-refractivity contribution in [3.63, 3.8) is 0 Å². The van der Waals surface area contributed by atoms with Crippen LogP contribution in [0.2, 0.25) is 0 Å². The van der Waals surface area contributed by atoms with Crippen LogP contribution in [0, 0.1) is 0 Å². The summed E-state index contributed by atoms with van der Waals surface area (Å²) < 4.78 is 2.26. The summed E-state index contributed by atoms with van der Waals surface area (Å²) in [6.07, 6.45) is 2.43. The summed E-state index contributed by atoms with van der Waals surface area (Å²) >= 11 is 3.25. The molecule has 0 aliphatic heterocycles. The Morgan fingerprint density at radius 3 is 1.34 bits per heavy atom. The smallest absolute Gasteiger partial charge is 0.248 e. The minimum Gasteiger partial charge on any atom is -0.323 e. The number of nitrogens with zero attached hydrogens (tertiary/aromatic N) is 2. The lowest BCUT2D eigenvalue weighted by Crippen LogP contribution is -2.12. The molecule has 0 fully saturated rings. The molecule has 6 rings (SSSR count). The van der Waals surface area contributed by atoms with E-state index in [1.807, 2.05) is 97.1 Å². The second-order valence-electron chi connectivity index (χ2n) is 8.44. The van der Waals surface area contributed by atoms with Crippen LogP contribution in [0.1, 0.15) is 0 Å². The van der Waals surface area contributed by atoms with Crippen molar-refractivity contribution >= 4 is 66.3 Å². The number of hydrogen-bond donors (Lipinski definition) is 2. The molecule has 2 N–H and O–H groups in total. The number of fused-ring (bicyclic) bond motifs is 2. The van der Waals surface area contributed by atoms with Crippen LogP contribution in [0.15, 0.2) is 109 Å². The zero-order chi connectivity index (χ0) is 25.9. The van der Waals surface area contributed by atoms with Gasteiger partial charge in [-0.2, -0.15) is 0 Å². The lowest BCUT2D eigenvalue weighted by Gasteiger charge is -2.04. The number of hydrogen-bond acceptors (Lipinski definition) is 6. The number of aromatic nitrogens is 2. The zero-order valence-electron chi connectivity index (χ0n) is 19.9. The van der Waals surface area contributed by atoms with Crippen LogP contribution in [0.3, 0.4) is 0 Å². The van der Waals surface area contributed by atoms with Gasteiger partial charge in [0.05, 0.1) is 20.4 Å². The third kappa shape index (κ3) is 5.22. The molecule has 6 aromatic rings. The largest absolute Gasteiger partial charge is 0.323 e. The van der Waals surface area contributed by atoms with Gasteiger partial charge in [-0.15, -0.1) is 22.7 Å². The Hall–Kier alpha value is -4.66. The van der Waals surface area contributed by atoms with Gasteiger partial charge in [-0.1, -0.05) is 24.3 Å². The predicted octanol–water partition coefficient (Wildman–Crippen LogP) is 7.37. The Bertz CT molecular complexity index is 1600. The van der Waals surface area contributed by atoms with Crippen molar-refractivity contribution in [2.75, 3.05) is 10.6 Å². The van der Waals surface area contributed by atoms with E-state index in [1.54, 1.807) is 22.7 Å². The predicted molar refractivity (Wildman–Crippen MR) is 157 cm³/mol. The van der Waals surface area contributed by atoms with E-state index in [-0.39, 0.29) is 11.8 Å². The fourth-order valence-electron chi connectivity index (χ4n) is 3.90. The summed E-state index contributed by atoms with van der Waals surface area (Å²) in [4.78, 5) is 34.0. The molecule has 8 heteroatoms. The maximum absolute atomic E-state index is 12.3. The monoisotopic (exact) mass is 532 g/mol. The molecule has 2 amide bonds. The number of anilines is 2. The van der Waals surface area contributed by atoms with Crippen molar-refractivity contribution in [1.82, 2.24) is 9.97 Å². The van der Waals surface area contributed by atoms with Crippen LogP contribution in [0.5, 0.6) is 0 Å². The van der Waals surface area contributed by atoms with Gasteiger partial charge in [0.2, 0.25) is 11.8 Å². The van der Waals surface area contributed by atoms with Gasteiger partial charge in [-0.3, -0.25) is 9.59 Å². The summed E-state index contributed by atoms with van der Waals surface area (Å²) in [5.74, 6) is -0.779. The van der Waals surface area contributed by atoms with Crippen molar-refractivity contribution < 1.29 is 9.59 Å². The second-order valence-corrected chi connectivity index (χ2v) is 10.5. The molecule has 0 radical (unpaired) electrons. The number of rotatable bonds is 6.